The Morgan fingerprint density at radius 2 is 2.11 bits per heavy atom. The molecule has 0 spiro atoms. The number of amides is 2. The van der Waals surface area contributed by atoms with Gasteiger partial charge in [-0.05, 0) is 92.4 Å². The fourth-order valence-electron chi connectivity index (χ4n) is 7.78. The van der Waals surface area contributed by atoms with Crippen LogP contribution in [0.2, 0.25) is 0 Å². The first-order valence-corrected chi connectivity index (χ1v) is 13.5. The highest BCUT2D eigenvalue weighted by atomic mass is 32.1. The van der Waals surface area contributed by atoms with Crippen LogP contribution >= 0.6 is 11.3 Å². The van der Waals surface area contributed by atoms with Crippen molar-refractivity contribution in [2.45, 2.75) is 76.7 Å². The average Bonchev–Trinajstić information content (AvgIpc) is 3.29. The molecule has 3 aliphatic rings. The van der Waals surface area contributed by atoms with Crippen LogP contribution in [0.1, 0.15) is 73.8 Å². The number of nitrogens with zero attached hydrogens (tertiary/aromatic N) is 1. The Hall–Kier alpha value is -2.45. The fraction of sp³-hybridized carbons (Fsp3) is 0.593. The first-order valence-electron chi connectivity index (χ1n) is 12.6. The third kappa shape index (κ3) is 4.25. The van der Waals surface area contributed by atoms with Crippen molar-refractivity contribution in [3.05, 3.63) is 40.4 Å². The number of hydrogen-bond donors (Lipinski definition) is 4. The minimum Gasteiger partial charge on any atom is -0.508 e. The van der Waals surface area contributed by atoms with E-state index in [1.54, 1.807) is 12.3 Å². The number of phenolic OH excluding ortho intramolecular Hbond substituents is 1. The minimum absolute atomic E-state index is 0.0388. The number of aryl methyl sites for hydroxylation is 2. The predicted octanol–water partition coefficient (Wildman–Crippen LogP) is 4.26. The molecular weight excluding hydrogens is 462 g/mol. The van der Waals surface area contributed by atoms with Crippen LogP contribution < -0.4 is 11.1 Å². The van der Waals surface area contributed by atoms with Gasteiger partial charge in [0.2, 0.25) is 11.8 Å². The lowest BCUT2D eigenvalue weighted by Crippen LogP contribution is -2.52. The van der Waals surface area contributed by atoms with E-state index in [0.29, 0.717) is 42.0 Å². The Balaban J connectivity index is 1.41. The smallest absolute Gasteiger partial charge is 0.226 e. The molecule has 2 fully saturated rings. The number of aromatic nitrogens is 1. The van der Waals surface area contributed by atoms with E-state index in [9.17, 15) is 19.8 Å². The zero-order chi connectivity index (χ0) is 25.0. The lowest BCUT2D eigenvalue weighted by atomic mass is 9.51. The minimum atomic E-state index is -1.16. The number of thiazole rings is 1. The number of aliphatic hydroxyl groups is 1. The van der Waals surface area contributed by atoms with Crippen molar-refractivity contribution < 1.29 is 19.8 Å². The van der Waals surface area contributed by atoms with E-state index in [4.69, 9.17) is 5.73 Å². The number of fused-ring (bicyclic) bond motifs is 5. The molecule has 1 heterocycles. The first-order chi connectivity index (χ1) is 16.6. The van der Waals surface area contributed by atoms with Gasteiger partial charge >= 0.3 is 0 Å². The number of carbonyl (C=O) groups is 2. The van der Waals surface area contributed by atoms with Crippen LogP contribution in [0.25, 0.3) is 0 Å². The highest BCUT2D eigenvalue weighted by Crippen LogP contribution is 2.67. The molecule has 1 aromatic heterocycles. The molecule has 0 bridgehead atoms. The molecule has 0 saturated heterocycles. The molecule has 2 aromatic rings. The molecule has 188 valence electrons. The van der Waals surface area contributed by atoms with Gasteiger partial charge in [-0.3, -0.25) is 9.59 Å². The summed E-state index contributed by atoms with van der Waals surface area (Å²) in [4.78, 5) is 30.0. The van der Waals surface area contributed by atoms with Crippen LogP contribution in [0, 0.1) is 30.1 Å². The van der Waals surface area contributed by atoms with Crippen molar-refractivity contribution in [2.75, 3.05) is 5.32 Å². The lowest BCUT2D eigenvalue weighted by molar-refractivity contribution is -0.137. The van der Waals surface area contributed by atoms with Gasteiger partial charge < -0.3 is 21.3 Å². The summed E-state index contributed by atoms with van der Waals surface area (Å²) in [6.07, 6.45) is 6.83. The van der Waals surface area contributed by atoms with Gasteiger partial charge in [0.1, 0.15) is 5.75 Å². The molecule has 5 rings (SSSR count). The maximum absolute atomic E-state index is 12.7. The topological polar surface area (TPSA) is 126 Å². The van der Waals surface area contributed by atoms with E-state index in [1.165, 1.54) is 22.5 Å². The summed E-state index contributed by atoms with van der Waals surface area (Å²) in [5.74, 6) is 0.811. The van der Waals surface area contributed by atoms with Crippen molar-refractivity contribution in [1.29, 1.82) is 0 Å². The summed E-state index contributed by atoms with van der Waals surface area (Å²) in [5.41, 5.74) is 6.55. The van der Waals surface area contributed by atoms with Gasteiger partial charge in [-0.15, -0.1) is 11.3 Å². The molecule has 0 radical (unpaired) electrons. The number of benzene rings is 1. The Morgan fingerprint density at radius 3 is 2.83 bits per heavy atom. The molecule has 5 unspecified atom stereocenters. The summed E-state index contributed by atoms with van der Waals surface area (Å²) >= 11 is 1.46. The number of nitrogens with one attached hydrogen (secondary N) is 1. The molecule has 8 heteroatoms. The van der Waals surface area contributed by atoms with E-state index in [-0.39, 0.29) is 24.2 Å². The van der Waals surface area contributed by atoms with Crippen LogP contribution in [0.4, 0.5) is 5.13 Å². The van der Waals surface area contributed by atoms with Gasteiger partial charge in [0.05, 0.1) is 12.0 Å². The second kappa shape index (κ2) is 8.89. The van der Waals surface area contributed by atoms with Crippen molar-refractivity contribution in [1.82, 2.24) is 4.98 Å². The van der Waals surface area contributed by atoms with E-state index in [0.717, 1.165) is 30.6 Å². The van der Waals surface area contributed by atoms with Gasteiger partial charge in [0, 0.05) is 22.9 Å². The Labute approximate surface area is 210 Å². The molecular formula is C27H35N3O4S. The number of carbonyl (C=O) groups excluding carboxylic acids is 2. The van der Waals surface area contributed by atoms with Gasteiger partial charge in [0.15, 0.2) is 5.13 Å². The van der Waals surface area contributed by atoms with E-state index in [1.807, 2.05) is 13.0 Å². The third-order valence-corrected chi connectivity index (χ3v) is 10.0. The number of rotatable bonds is 6. The quantitative estimate of drug-likeness (QED) is 0.474. The van der Waals surface area contributed by atoms with Gasteiger partial charge in [0.25, 0.3) is 0 Å². The highest BCUT2D eigenvalue weighted by molar-refractivity contribution is 7.15. The van der Waals surface area contributed by atoms with Crippen LogP contribution in [-0.2, 0) is 16.0 Å². The molecule has 1 aromatic carbocycles. The maximum atomic E-state index is 12.7. The zero-order valence-electron chi connectivity index (χ0n) is 20.4. The van der Waals surface area contributed by atoms with E-state index < -0.39 is 16.9 Å². The summed E-state index contributed by atoms with van der Waals surface area (Å²) in [5, 5.41) is 25.4. The molecule has 5 N–H and O–H groups in total. The van der Waals surface area contributed by atoms with Crippen molar-refractivity contribution >= 4 is 28.3 Å². The summed E-state index contributed by atoms with van der Waals surface area (Å²) in [7, 11) is 0. The van der Waals surface area contributed by atoms with Crippen LogP contribution in [0.15, 0.2) is 24.4 Å². The zero-order valence-corrected chi connectivity index (χ0v) is 21.2. The molecule has 3 aliphatic carbocycles. The van der Waals surface area contributed by atoms with E-state index >= 15 is 0 Å². The number of aromatic hydroxyl groups is 1. The summed E-state index contributed by atoms with van der Waals surface area (Å²) in [6.45, 7) is 4.09. The second-order valence-corrected chi connectivity index (χ2v) is 12.4. The highest BCUT2D eigenvalue weighted by Gasteiger charge is 2.65. The molecule has 6 atom stereocenters. The number of hydrogen-bond acceptors (Lipinski definition) is 6. The largest absolute Gasteiger partial charge is 0.508 e. The molecule has 7 nitrogen and oxygen atoms in total. The van der Waals surface area contributed by atoms with Gasteiger partial charge in [-0.2, -0.15) is 0 Å². The molecule has 0 aliphatic heterocycles. The summed E-state index contributed by atoms with van der Waals surface area (Å²) < 4.78 is 0. The normalized spacial score (nSPS) is 33.5. The SMILES string of the molecule is Cc1cnc(NC(=O)CCC2C[C@@](O)(CC(N)=O)C3(C)CCC4c5ccc(O)cc5CCC4C23)s1. The monoisotopic (exact) mass is 497 g/mol. The Bertz CT molecular complexity index is 1150. The van der Waals surface area contributed by atoms with Crippen LogP contribution in [0.3, 0.4) is 0 Å². The molecule has 2 saturated carbocycles. The number of anilines is 1. The summed E-state index contributed by atoms with van der Waals surface area (Å²) in [6, 6.07) is 5.72. The third-order valence-electron chi connectivity index (χ3n) is 9.21. The lowest BCUT2D eigenvalue weighted by Gasteiger charge is -2.54. The van der Waals surface area contributed by atoms with E-state index in [2.05, 4.69) is 23.3 Å². The average molecular weight is 498 g/mol. The molecule has 2 amide bonds. The fourth-order valence-corrected chi connectivity index (χ4v) is 8.46. The Kier molecular flexibility index (Phi) is 6.16. The number of phenols is 1. The van der Waals surface area contributed by atoms with Crippen molar-refractivity contribution in [3.8, 4) is 5.75 Å². The van der Waals surface area contributed by atoms with Crippen LogP contribution in [0.5, 0.6) is 5.75 Å². The molecule has 35 heavy (non-hydrogen) atoms. The van der Waals surface area contributed by atoms with Crippen molar-refractivity contribution in [3.63, 3.8) is 0 Å². The number of nitrogens with two attached hydrogens (primary N) is 1. The predicted molar refractivity (Wildman–Crippen MR) is 135 cm³/mol. The van der Waals surface area contributed by atoms with Crippen molar-refractivity contribution in [2.24, 2.45) is 28.9 Å². The Morgan fingerprint density at radius 1 is 1.31 bits per heavy atom. The maximum Gasteiger partial charge on any atom is 0.226 e. The number of primary amides is 1. The van der Waals surface area contributed by atoms with Gasteiger partial charge in [-0.1, -0.05) is 13.0 Å². The second-order valence-electron chi connectivity index (χ2n) is 11.2. The van der Waals surface area contributed by atoms with Crippen LogP contribution in [-0.4, -0.2) is 32.6 Å². The van der Waals surface area contributed by atoms with Gasteiger partial charge in [-0.25, -0.2) is 4.98 Å². The standard InChI is InChI=1S/C27H35N3O4S/c1-15-14-29-25(35-15)30-23(33)8-4-17-12-27(34,13-22(28)32)26(2)10-9-20-19-7-5-18(31)11-16(19)3-6-21(20)24(17)26/h5,7,11,14,17,20-21,24,31,34H,3-4,6,8-10,12-13H2,1-2H3,(H2,28,32)(H,29,30,33)/t17?,20?,21?,24?,26?,27-/m1/s1. The first kappa shape index (κ1) is 24.3.